The van der Waals surface area contributed by atoms with Crippen molar-refractivity contribution < 1.29 is 9.53 Å². The molecule has 0 saturated carbocycles. The Kier molecular flexibility index (Phi) is 3.35. The van der Waals surface area contributed by atoms with Crippen molar-refractivity contribution in [1.82, 2.24) is 24.3 Å². The third kappa shape index (κ3) is 2.17. The number of rotatable bonds is 2. The highest BCUT2D eigenvalue weighted by atomic mass is 16.5. The van der Waals surface area contributed by atoms with Crippen LogP contribution in [0.15, 0.2) is 9.59 Å². The summed E-state index contributed by atoms with van der Waals surface area (Å²) in [6, 6.07) is 0. The molecule has 2 heterocycles. The maximum absolute atomic E-state index is 12.0. The maximum Gasteiger partial charge on any atom is 0.332 e. The number of nitrogens with zero attached hydrogens (tertiary/aromatic N) is 5. The van der Waals surface area contributed by atoms with Crippen molar-refractivity contribution in [3.05, 3.63) is 26.7 Å². The third-order valence-electron chi connectivity index (χ3n) is 2.79. The van der Waals surface area contributed by atoms with E-state index in [0.29, 0.717) is 0 Å². The van der Waals surface area contributed by atoms with Gasteiger partial charge in [-0.2, -0.15) is 0 Å². The van der Waals surface area contributed by atoms with Gasteiger partial charge in [-0.1, -0.05) is 0 Å². The summed E-state index contributed by atoms with van der Waals surface area (Å²) in [7, 11) is 2.82. The molecule has 20 heavy (non-hydrogen) atoms. The summed E-state index contributed by atoms with van der Waals surface area (Å²) in [6.45, 7) is 2.82. The lowest BCUT2D eigenvalue weighted by atomic mass is 10.3. The molecule has 0 aliphatic rings. The molecule has 0 amide bonds. The number of ether oxygens (including phenoxy) is 1. The molecule has 1 unspecified atom stereocenters. The van der Waals surface area contributed by atoms with E-state index in [9.17, 15) is 14.4 Å². The standard InChI is InChI=1S/C11H13N5O4/c1-5(20-6(2)17)8-12-7-9(14-13-8)15(3)11(19)16(4)10(7)18/h5H,1-4H3. The smallest absolute Gasteiger partial charge is 0.332 e. The molecular formula is C11H13N5O4. The molecule has 2 aromatic rings. The molecule has 0 aliphatic carbocycles. The first-order valence-corrected chi connectivity index (χ1v) is 5.80. The van der Waals surface area contributed by atoms with Crippen LogP contribution in [0.3, 0.4) is 0 Å². The Bertz CT molecular complexity index is 807. The van der Waals surface area contributed by atoms with Crippen molar-refractivity contribution >= 4 is 17.1 Å². The highest BCUT2D eigenvalue weighted by molar-refractivity contribution is 5.68. The number of carbonyl (C=O) groups is 1. The average molecular weight is 279 g/mol. The monoisotopic (exact) mass is 279 g/mol. The molecule has 0 aromatic carbocycles. The van der Waals surface area contributed by atoms with Crippen LogP contribution in [0.5, 0.6) is 0 Å². The number of hydrogen-bond acceptors (Lipinski definition) is 7. The van der Waals surface area contributed by atoms with Crippen molar-refractivity contribution in [2.24, 2.45) is 14.1 Å². The Morgan fingerprint density at radius 3 is 2.45 bits per heavy atom. The highest BCUT2D eigenvalue weighted by Gasteiger charge is 2.17. The average Bonchev–Trinajstić information content (AvgIpc) is 2.41. The van der Waals surface area contributed by atoms with Crippen LogP contribution in [0.1, 0.15) is 25.8 Å². The number of hydrogen-bond donors (Lipinski definition) is 0. The van der Waals surface area contributed by atoms with Crippen molar-refractivity contribution in [3.63, 3.8) is 0 Å². The van der Waals surface area contributed by atoms with E-state index in [4.69, 9.17) is 4.74 Å². The fraction of sp³-hybridized carbons (Fsp3) is 0.455. The van der Waals surface area contributed by atoms with Gasteiger partial charge in [-0.3, -0.25) is 18.7 Å². The molecular weight excluding hydrogens is 266 g/mol. The van der Waals surface area contributed by atoms with E-state index in [0.717, 1.165) is 4.57 Å². The minimum atomic E-state index is -0.730. The second-order valence-corrected chi connectivity index (χ2v) is 4.30. The van der Waals surface area contributed by atoms with Crippen LogP contribution in [0.25, 0.3) is 11.2 Å². The first kappa shape index (κ1) is 13.8. The summed E-state index contributed by atoms with van der Waals surface area (Å²) >= 11 is 0. The Morgan fingerprint density at radius 1 is 1.20 bits per heavy atom. The zero-order valence-corrected chi connectivity index (χ0v) is 11.4. The number of carbonyl (C=O) groups excluding carboxylic acids is 1. The number of aryl methyl sites for hydroxylation is 1. The van der Waals surface area contributed by atoms with Gasteiger partial charge < -0.3 is 4.74 Å². The van der Waals surface area contributed by atoms with Gasteiger partial charge in [0.15, 0.2) is 23.1 Å². The Hall–Kier alpha value is -2.58. The molecule has 1 atom stereocenters. The predicted octanol–water partition coefficient (Wildman–Crippen LogP) is -0.954. The normalized spacial score (nSPS) is 12.4. The second kappa shape index (κ2) is 4.83. The van der Waals surface area contributed by atoms with Crippen molar-refractivity contribution in [2.75, 3.05) is 0 Å². The van der Waals surface area contributed by atoms with Gasteiger partial charge in [0.25, 0.3) is 5.56 Å². The van der Waals surface area contributed by atoms with Crippen LogP contribution in [0.2, 0.25) is 0 Å². The summed E-state index contributed by atoms with van der Waals surface area (Å²) in [5.74, 6) is -0.391. The SMILES string of the molecule is CC(=O)OC(C)c1nnc2c(n1)c(=O)n(C)c(=O)n2C. The lowest BCUT2D eigenvalue weighted by molar-refractivity contribution is -0.146. The molecule has 0 spiro atoms. The summed E-state index contributed by atoms with van der Waals surface area (Å²) < 4.78 is 7.03. The zero-order chi connectivity index (χ0) is 15.0. The van der Waals surface area contributed by atoms with Gasteiger partial charge in [0.1, 0.15) is 0 Å². The van der Waals surface area contributed by atoms with Gasteiger partial charge in [0.2, 0.25) is 0 Å². The minimum Gasteiger partial charge on any atom is -0.455 e. The van der Waals surface area contributed by atoms with Gasteiger partial charge in [0.05, 0.1) is 0 Å². The molecule has 0 aliphatic heterocycles. The van der Waals surface area contributed by atoms with E-state index in [1.165, 1.54) is 25.6 Å². The van der Waals surface area contributed by atoms with E-state index < -0.39 is 23.3 Å². The predicted molar refractivity (Wildman–Crippen MR) is 68.0 cm³/mol. The molecule has 106 valence electrons. The van der Waals surface area contributed by atoms with Crippen LogP contribution in [0.4, 0.5) is 0 Å². The first-order chi connectivity index (χ1) is 9.32. The largest absolute Gasteiger partial charge is 0.455 e. The topological polar surface area (TPSA) is 109 Å². The molecule has 9 heteroatoms. The van der Waals surface area contributed by atoms with E-state index in [2.05, 4.69) is 15.2 Å². The fourth-order valence-corrected chi connectivity index (χ4v) is 1.74. The lowest BCUT2D eigenvalue weighted by Gasteiger charge is -2.11. The van der Waals surface area contributed by atoms with Gasteiger partial charge in [0, 0.05) is 21.0 Å². The summed E-state index contributed by atoms with van der Waals surface area (Å²) in [5, 5.41) is 7.60. The van der Waals surface area contributed by atoms with E-state index in [-0.39, 0.29) is 17.0 Å². The summed E-state index contributed by atoms with van der Waals surface area (Å²) in [6.07, 6.45) is -0.730. The molecule has 0 N–H and O–H groups in total. The minimum absolute atomic E-state index is 0.00129. The van der Waals surface area contributed by atoms with Gasteiger partial charge in [-0.15, -0.1) is 10.2 Å². The Balaban J connectivity index is 2.69. The van der Waals surface area contributed by atoms with Crippen LogP contribution >= 0.6 is 0 Å². The number of esters is 1. The van der Waals surface area contributed by atoms with Gasteiger partial charge in [-0.05, 0) is 6.92 Å². The molecule has 0 radical (unpaired) electrons. The summed E-state index contributed by atoms with van der Waals surface area (Å²) in [5.41, 5.74) is -1.01. The molecule has 0 bridgehead atoms. The quantitative estimate of drug-likeness (QED) is 0.651. The van der Waals surface area contributed by atoms with Crippen molar-refractivity contribution in [2.45, 2.75) is 20.0 Å². The third-order valence-corrected chi connectivity index (χ3v) is 2.79. The molecule has 2 rings (SSSR count). The highest BCUT2D eigenvalue weighted by Crippen LogP contribution is 2.12. The van der Waals surface area contributed by atoms with Crippen LogP contribution < -0.4 is 11.2 Å². The lowest BCUT2D eigenvalue weighted by Crippen LogP contribution is -2.38. The van der Waals surface area contributed by atoms with Crippen molar-refractivity contribution in [3.8, 4) is 0 Å². The van der Waals surface area contributed by atoms with Crippen LogP contribution in [0, 0.1) is 0 Å². The van der Waals surface area contributed by atoms with Gasteiger partial charge >= 0.3 is 11.7 Å². The van der Waals surface area contributed by atoms with Gasteiger partial charge in [-0.25, -0.2) is 9.78 Å². The Morgan fingerprint density at radius 2 is 1.85 bits per heavy atom. The first-order valence-electron chi connectivity index (χ1n) is 5.80. The molecule has 0 fully saturated rings. The maximum atomic E-state index is 12.0. The Labute approximate surface area is 112 Å². The molecule has 9 nitrogen and oxygen atoms in total. The second-order valence-electron chi connectivity index (χ2n) is 4.30. The molecule has 0 saturated heterocycles. The van der Waals surface area contributed by atoms with Crippen molar-refractivity contribution in [1.29, 1.82) is 0 Å². The summed E-state index contributed by atoms with van der Waals surface area (Å²) in [4.78, 5) is 38.7. The van der Waals surface area contributed by atoms with E-state index in [1.54, 1.807) is 6.92 Å². The fourth-order valence-electron chi connectivity index (χ4n) is 1.74. The molecule has 2 aromatic heterocycles. The van der Waals surface area contributed by atoms with Crippen LogP contribution in [-0.4, -0.2) is 30.3 Å². The van der Waals surface area contributed by atoms with E-state index in [1.807, 2.05) is 0 Å². The number of fused-ring (bicyclic) bond motifs is 1. The van der Waals surface area contributed by atoms with Crippen LogP contribution in [-0.2, 0) is 23.6 Å². The number of aromatic nitrogens is 5. The van der Waals surface area contributed by atoms with E-state index >= 15 is 0 Å². The zero-order valence-electron chi connectivity index (χ0n) is 11.4.